The van der Waals surface area contributed by atoms with Crippen LogP contribution in [-0.2, 0) is 0 Å². The molecule has 0 N–H and O–H groups in total. The fourth-order valence-corrected chi connectivity index (χ4v) is 3.01. The van der Waals surface area contributed by atoms with Crippen molar-refractivity contribution in [1.29, 1.82) is 0 Å². The van der Waals surface area contributed by atoms with Crippen LogP contribution in [0, 0.1) is 17.0 Å². The summed E-state index contributed by atoms with van der Waals surface area (Å²) in [6.07, 6.45) is 0. The van der Waals surface area contributed by atoms with Crippen LogP contribution in [0.2, 0.25) is 0 Å². The molecule has 0 saturated heterocycles. The maximum atomic E-state index is 11.1. The number of methoxy groups -OCH3 is 1. The highest BCUT2D eigenvalue weighted by Crippen LogP contribution is 2.36. The molecule has 0 bridgehead atoms. The van der Waals surface area contributed by atoms with E-state index in [1.807, 2.05) is 37.3 Å². The number of ether oxygens (including phenoxy) is 1. The minimum atomic E-state index is -0.433. The molecule has 0 amide bonds. The number of non-ortho nitro benzene ring substituents is 1. The first kappa shape index (κ1) is 15.1. The third kappa shape index (κ3) is 2.28. The molecule has 2 heterocycles. The molecule has 0 aliphatic heterocycles. The van der Waals surface area contributed by atoms with E-state index in [9.17, 15) is 10.1 Å². The fourth-order valence-electron chi connectivity index (χ4n) is 3.01. The van der Waals surface area contributed by atoms with Gasteiger partial charge in [-0.15, -0.1) is 0 Å². The molecule has 2 aromatic carbocycles. The summed E-state index contributed by atoms with van der Waals surface area (Å²) in [5, 5.41) is 17.2. The number of nitro benzene ring substituents is 1. The number of rotatable bonds is 3. The van der Waals surface area contributed by atoms with Crippen LogP contribution < -0.4 is 4.74 Å². The molecule has 0 saturated carbocycles. The summed E-state index contributed by atoms with van der Waals surface area (Å²) in [5.74, 6) is 0.620. The maximum Gasteiger partial charge on any atom is 0.271 e. The molecule has 0 spiro atoms. The highest BCUT2D eigenvalue weighted by molar-refractivity contribution is 6.02. The Kier molecular flexibility index (Phi) is 3.35. The van der Waals surface area contributed by atoms with Gasteiger partial charge in [0.25, 0.3) is 5.69 Å². The summed E-state index contributed by atoms with van der Waals surface area (Å²) >= 11 is 0. The lowest BCUT2D eigenvalue weighted by molar-refractivity contribution is -0.384. The van der Waals surface area contributed by atoms with E-state index < -0.39 is 4.92 Å². The van der Waals surface area contributed by atoms with Crippen LogP contribution in [0.4, 0.5) is 5.69 Å². The van der Waals surface area contributed by atoms with Gasteiger partial charge in [0.2, 0.25) is 0 Å². The molecule has 0 fully saturated rings. The normalized spacial score (nSPS) is 11.1. The number of fused-ring (bicyclic) bond motifs is 2. The minimum Gasteiger partial charge on any atom is -0.495 e. The number of benzene rings is 2. The number of aryl methyl sites for hydroxylation is 1. The van der Waals surface area contributed by atoms with Crippen LogP contribution in [0.15, 0.2) is 48.5 Å². The SMILES string of the molecule is COc1c2ccc([N+](=O)[O-])cc2nc2c1c(C)nn2-c1ccccc1. The van der Waals surface area contributed by atoms with E-state index in [-0.39, 0.29) is 5.69 Å². The number of nitrogens with zero attached hydrogens (tertiary/aromatic N) is 4. The Balaban J connectivity index is 2.12. The van der Waals surface area contributed by atoms with Crippen molar-refractivity contribution in [2.75, 3.05) is 7.11 Å². The number of hydrogen-bond donors (Lipinski definition) is 0. The second-order valence-corrected chi connectivity index (χ2v) is 5.63. The lowest BCUT2D eigenvalue weighted by Gasteiger charge is -2.08. The Bertz CT molecular complexity index is 1120. The van der Waals surface area contributed by atoms with Gasteiger partial charge in [-0.3, -0.25) is 10.1 Å². The fraction of sp³-hybridized carbons (Fsp3) is 0.111. The number of hydrogen-bond acceptors (Lipinski definition) is 5. The summed E-state index contributed by atoms with van der Waals surface area (Å²) in [4.78, 5) is 15.3. The van der Waals surface area contributed by atoms with Crippen LogP contribution in [0.25, 0.3) is 27.6 Å². The largest absolute Gasteiger partial charge is 0.495 e. The average Bonchev–Trinajstić information content (AvgIpc) is 2.96. The highest BCUT2D eigenvalue weighted by atomic mass is 16.6. The van der Waals surface area contributed by atoms with E-state index in [4.69, 9.17) is 4.74 Å². The van der Waals surface area contributed by atoms with Crippen molar-refractivity contribution in [3.8, 4) is 11.4 Å². The van der Waals surface area contributed by atoms with Gasteiger partial charge in [-0.25, -0.2) is 9.67 Å². The quantitative estimate of drug-likeness (QED) is 0.420. The Morgan fingerprint density at radius 1 is 1.16 bits per heavy atom. The van der Waals surface area contributed by atoms with Crippen molar-refractivity contribution in [2.24, 2.45) is 0 Å². The number of para-hydroxylation sites is 1. The second-order valence-electron chi connectivity index (χ2n) is 5.63. The molecule has 124 valence electrons. The van der Waals surface area contributed by atoms with Gasteiger partial charge in [-0.1, -0.05) is 18.2 Å². The molecule has 0 radical (unpaired) electrons. The van der Waals surface area contributed by atoms with Crippen LogP contribution in [0.3, 0.4) is 0 Å². The number of nitro groups is 1. The molecule has 0 atom stereocenters. The second kappa shape index (κ2) is 5.55. The Labute approximate surface area is 142 Å². The van der Waals surface area contributed by atoms with E-state index in [2.05, 4.69) is 10.1 Å². The van der Waals surface area contributed by atoms with E-state index in [0.29, 0.717) is 16.9 Å². The summed E-state index contributed by atoms with van der Waals surface area (Å²) < 4.78 is 7.34. The van der Waals surface area contributed by atoms with Gasteiger partial charge >= 0.3 is 0 Å². The van der Waals surface area contributed by atoms with Gasteiger partial charge in [-0.05, 0) is 25.1 Å². The Morgan fingerprint density at radius 2 is 1.92 bits per heavy atom. The predicted octanol–water partition coefficient (Wildman–Crippen LogP) is 3.80. The molecule has 7 nitrogen and oxygen atoms in total. The van der Waals surface area contributed by atoms with Crippen LogP contribution in [-0.4, -0.2) is 26.8 Å². The van der Waals surface area contributed by atoms with Crippen molar-refractivity contribution in [1.82, 2.24) is 14.8 Å². The van der Waals surface area contributed by atoms with Crippen LogP contribution in [0.1, 0.15) is 5.69 Å². The monoisotopic (exact) mass is 334 g/mol. The molecule has 4 rings (SSSR count). The summed E-state index contributed by atoms with van der Waals surface area (Å²) in [7, 11) is 1.58. The van der Waals surface area contributed by atoms with Crippen molar-refractivity contribution in [2.45, 2.75) is 6.92 Å². The molecular formula is C18H14N4O3. The molecule has 0 unspecified atom stereocenters. The van der Waals surface area contributed by atoms with Crippen LogP contribution >= 0.6 is 0 Å². The third-order valence-corrected chi connectivity index (χ3v) is 4.13. The topological polar surface area (TPSA) is 83.1 Å². The lowest BCUT2D eigenvalue weighted by Crippen LogP contribution is -1.98. The van der Waals surface area contributed by atoms with Gasteiger partial charge in [0.1, 0.15) is 5.75 Å². The highest BCUT2D eigenvalue weighted by Gasteiger charge is 2.19. The summed E-state index contributed by atoms with van der Waals surface area (Å²) in [6.45, 7) is 1.89. The van der Waals surface area contributed by atoms with E-state index in [0.717, 1.165) is 22.2 Å². The van der Waals surface area contributed by atoms with Crippen molar-refractivity contribution in [3.05, 3.63) is 64.3 Å². The van der Waals surface area contributed by atoms with Gasteiger partial charge < -0.3 is 4.74 Å². The van der Waals surface area contributed by atoms with Gasteiger partial charge in [0.05, 0.1) is 34.3 Å². The smallest absolute Gasteiger partial charge is 0.271 e. The van der Waals surface area contributed by atoms with E-state index >= 15 is 0 Å². The molecule has 0 aliphatic rings. The standard InChI is InChI=1S/C18H14N4O3/c1-11-16-17(25-2)14-9-8-13(22(23)24)10-15(14)19-18(16)21(20-11)12-6-4-3-5-7-12/h3-10H,1-2H3. The molecular weight excluding hydrogens is 320 g/mol. The summed E-state index contributed by atoms with van der Waals surface area (Å²) in [6, 6.07) is 14.2. The Morgan fingerprint density at radius 3 is 2.60 bits per heavy atom. The molecule has 7 heteroatoms. The van der Waals surface area contributed by atoms with Crippen molar-refractivity contribution in [3.63, 3.8) is 0 Å². The van der Waals surface area contributed by atoms with E-state index in [1.54, 1.807) is 17.9 Å². The lowest BCUT2D eigenvalue weighted by atomic mass is 10.1. The first-order valence-corrected chi connectivity index (χ1v) is 7.67. The zero-order chi connectivity index (χ0) is 17.6. The molecule has 0 aliphatic carbocycles. The first-order valence-electron chi connectivity index (χ1n) is 7.67. The summed E-state index contributed by atoms with van der Waals surface area (Å²) in [5.41, 5.74) is 2.73. The molecule has 25 heavy (non-hydrogen) atoms. The third-order valence-electron chi connectivity index (χ3n) is 4.13. The molecule has 2 aromatic heterocycles. The van der Waals surface area contributed by atoms with Crippen LogP contribution in [0.5, 0.6) is 5.75 Å². The van der Waals surface area contributed by atoms with E-state index in [1.165, 1.54) is 12.1 Å². The number of pyridine rings is 1. The van der Waals surface area contributed by atoms with Crippen molar-refractivity contribution >= 4 is 27.6 Å². The zero-order valence-corrected chi connectivity index (χ0v) is 13.6. The van der Waals surface area contributed by atoms with Crippen molar-refractivity contribution < 1.29 is 9.66 Å². The minimum absolute atomic E-state index is 0.0103. The average molecular weight is 334 g/mol. The van der Waals surface area contributed by atoms with Gasteiger partial charge in [0.15, 0.2) is 5.65 Å². The Hall–Kier alpha value is -3.48. The van der Waals surface area contributed by atoms with Gasteiger partial charge in [-0.2, -0.15) is 5.10 Å². The molecule has 4 aromatic rings. The van der Waals surface area contributed by atoms with Gasteiger partial charge in [0, 0.05) is 17.5 Å². The zero-order valence-electron chi connectivity index (χ0n) is 13.6. The number of aromatic nitrogens is 3. The first-order chi connectivity index (χ1) is 12.1. The maximum absolute atomic E-state index is 11.1. The predicted molar refractivity (Wildman–Crippen MR) is 94.3 cm³/mol.